The van der Waals surface area contributed by atoms with Gasteiger partial charge < -0.3 is 0 Å². The topological polar surface area (TPSA) is 111 Å². The highest BCUT2D eigenvalue weighted by Crippen LogP contribution is 2.24. The van der Waals surface area contributed by atoms with Crippen LogP contribution in [0.25, 0.3) is 0 Å². The molecule has 8 heteroatoms. The van der Waals surface area contributed by atoms with Gasteiger partial charge in [-0.25, -0.2) is 10.8 Å². The van der Waals surface area contributed by atoms with E-state index in [1.807, 2.05) is 5.43 Å². The standard InChI is InChI=1S/C13H12N4O3S/c14-16-13(18)12-3-1-2-9(15-12)8-21-11-6-4-10(5-7-11)17(19)20/h1-7H,8,14H2,(H,16,18). The number of hydrogen-bond donors (Lipinski definition) is 2. The number of nitro benzene ring substituents is 1. The molecule has 0 unspecified atom stereocenters. The van der Waals surface area contributed by atoms with Crippen LogP contribution in [0.3, 0.4) is 0 Å². The van der Waals surface area contributed by atoms with Crippen LogP contribution in [0.4, 0.5) is 5.69 Å². The molecule has 0 aliphatic carbocycles. The van der Waals surface area contributed by atoms with E-state index >= 15 is 0 Å². The van der Waals surface area contributed by atoms with Crippen LogP contribution in [0, 0.1) is 10.1 Å². The predicted octanol–water partition coefficient (Wildman–Crippen LogP) is 1.89. The van der Waals surface area contributed by atoms with Crippen molar-refractivity contribution in [3.05, 3.63) is 64.0 Å². The molecule has 0 spiro atoms. The average Bonchev–Trinajstić information content (AvgIpc) is 2.52. The van der Waals surface area contributed by atoms with E-state index in [4.69, 9.17) is 5.84 Å². The van der Waals surface area contributed by atoms with E-state index in [1.165, 1.54) is 23.9 Å². The number of benzene rings is 1. The van der Waals surface area contributed by atoms with E-state index in [1.54, 1.807) is 30.3 Å². The number of rotatable bonds is 5. The molecule has 1 aromatic carbocycles. The molecule has 0 fully saturated rings. The Labute approximate surface area is 124 Å². The van der Waals surface area contributed by atoms with Gasteiger partial charge in [0.1, 0.15) is 5.69 Å². The summed E-state index contributed by atoms with van der Waals surface area (Å²) in [6, 6.07) is 11.4. The van der Waals surface area contributed by atoms with Crippen LogP contribution in [0.1, 0.15) is 16.2 Å². The second-order valence-electron chi connectivity index (χ2n) is 4.03. The molecule has 21 heavy (non-hydrogen) atoms. The van der Waals surface area contributed by atoms with Gasteiger partial charge in [-0.3, -0.25) is 20.3 Å². The number of nitrogen functional groups attached to an aromatic ring is 1. The number of nitrogens with one attached hydrogen (secondary N) is 1. The lowest BCUT2D eigenvalue weighted by atomic mass is 10.3. The van der Waals surface area contributed by atoms with Crippen molar-refractivity contribution in [1.29, 1.82) is 0 Å². The molecule has 108 valence electrons. The number of nitrogens with zero attached hydrogens (tertiary/aromatic N) is 2. The highest BCUT2D eigenvalue weighted by atomic mass is 32.2. The van der Waals surface area contributed by atoms with Crippen molar-refractivity contribution >= 4 is 23.4 Å². The monoisotopic (exact) mass is 304 g/mol. The summed E-state index contributed by atoms with van der Waals surface area (Å²) >= 11 is 1.47. The summed E-state index contributed by atoms with van der Waals surface area (Å²) in [4.78, 5) is 26.6. The highest BCUT2D eigenvalue weighted by molar-refractivity contribution is 7.98. The molecule has 2 aromatic rings. The van der Waals surface area contributed by atoms with Crippen molar-refractivity contribution < 1.29 is 9.72 Å². The minimum atomic E-state index is -0.447. The predicted molar refractivity (Wildman–Crippen MR) is 78.5 cm³/mol. The third kappa shape index (κ3) is 4.01. The van der Waals surface area contributed by atoms with E-state index < -0.39 is 10.8 Å². The summed E-state index contributed by atoms with van der Waals surface area (Å²) in [7, 11) is 0. The van der Waals surface area contributed by atoms with Gasteiger partial charge in [-0.2, -0.15) is 0 Å². The first-order valence-corrected chi connectivity index (χ1v) is 6.93. The quantitative estimate of drug-likeness (QED) is 0.287. The summed E-state index contributed by atoms with van der Waals surface area (Å²) in [5.74, 6) is 5.16. The number of carbonyl (C=O) groups excluding carboxylic acids is 1. The van der Waals surface area contributed by atoms with Crippen LogP contribution in [0.15, 0.2) is 47.4 Å². The zero-order chi connectivity index (χ0) is 15.2. The number of carbonyl (C=O) groups is 1. The third-order valence-electron chi connectivity index (χ3n) is 2.60. The van der Waals surface area contributed by atoms with Gasteiger partial charge in [0.05, 0.1) is 10.6 Å². The van der Waals surface area contributed by atoms with Gasteiger partial charge in [0.25, 0.3) is 11.6 Å². The number of thioether (sulfide) groups is 1. The van der Waals surface area contributed by atoms with Crippen molar-refractivity contribution in [2.45, 2.75) is 10.6 Å². The molecule has 0 aliphatic rings. The highest BCUT2D eigenvalue weighted by Gasteiger charge is 2.07. The number of non-ortho nitro benzene ring substituents is 1. The molecule has 1 heterocycles. The summed E-state index contributed by atoms with van der Waals surface area (Å²) < 4.78 is 0. The molecule has 0 aliphatic heterocycles. The van der Waals surface area contributed by atoms with E-state index in [0.29, 0.717) is 5.75 Å². The van der Waals surface area contributed by atoms with Crippen LogP contribution in [-0.2, 0) is 5.75 Å². The van der Waals surface area contributed by atoms with Crippen LogP contribution < -0.4 is 11.3 Å². The van der Waals surface area contributed by atoms with E-state index in [0.717, 1.165) is 10.6 Å². The molecule has 1 aromatic heterocycles. The van der Waals surface area contributed by atoms with E-state index in [2.05, 4.69) is 4.98 Å². The van der Waals surface area contributed by atoms with Crippen LogP contribution >= 0.6 is 11.8 Å². The molecule has 0 saturated heterocycles. The molecule has 7 nitrogen and oxygen atoms in total. The first kappa shape index (κ1) is 14.9. The van der Waals surface area contributed by atoms with Gasteiger partial charge in [-0.15, -0.1) is 11.8 Å². The molecule has 0 atom stereocenters. The van der Waals surface area contributed by atoms with Crippen molar-refractivity contribution in [2.24, 2.45) is 5.84 Å². The number of hydrazine groups is 1. The maximum atomic E-state index is 11.4. The van der Waals surface area contributed by atoms with Gasteiger partial charge in [0.15, 0.2) is 0 Å². The fourth-order valence-electron chi connectivity index (χ4n) is 1.58. The normalized spacial score (nSPS) is 10.1. The molecule has 1 amide bonds. The first-order valence-electron chi connectivity index (χ1n) is 5.94. The van der Waals surface area contributed by atoms with E-state index in [9.17, 15) is 14.9 Å². The van der Waals surface area contributed by atoms with Crippen LogP contribution in [-0.4, -0.2) is 15.8 Å². The molecule has 2 rings (SSSR count). The van der Waals surface area contributed by atoms with Crippen molar-refractivity contribution in [2.75, 3.05) is 0 Å². The van der Waals surface area contributed by atoms with E-state index in [-0.39, 0.29) is 11.4 Å². The van der Waals surface area contributed by atoms with Crippen molar-refractivity contribution in [3.63, 3.8) is 0 Å². The summed E-state index contributed by atoms with van der Waals surface area (Å²) in [6.45, 7) is 0. The van der Waals surface area contributed by atoms with Gasteiger partial charge >= 0.3 is 0 Å². The molecule has 3 N–H and O–H groups in total. The Morgan fingerprint density at radius 2 is 2.00 bits per heavy atom. The Kier molecular flexibility index (Phi) is 4.85. The van der Waals surface area contributed by atoms with Gasteiger partial charge in [-0.1, -0.05) is 6.07 Å². The zero-order valence-electron chi connectivity index (χ0n) is 10.9. The largest absolute Gasteiger partial charge is 0.289 e. The Morgan fingerprint density at radius 3 is 2.62 bits per heavy atom. The smallest absolute Gasteiger partial charge is 0.283 e. The first-order chi connectivity index (χ1) is 10.1. The lowest BCUT2D eigenvalue weighted by Gasteiger charge is -2.04. The van der Waals surface area contributed by atoms with Gasteiger partial charge in [-0.05, 0) is 24.3 Å². The molecule has 0 bridgehead atoms. The van der Waals surface area contributed by atoms with Crippen molar-refractivity contribution in [3.8, 4) is 0 Å². The third-order valence-corrected chi connectivity index (χ3v) is 3.65. The maximum Gasteiger partial charge on any atom is 0.283 e. The Balaban J connectivity index is 2.02. The Morgan fingerprint density at radius 1 is 1.29 bits per heavy atom. The average molecular weight is 304 g/mol. The SMILES string of the molecule is NNC(=O)c1cccc(CSc2ccc([N+](=O)[O-])cc2)n1. The van der Waals surface area contributed by atoms with Gasteiger partial charge in [0.2, 0.25) is 0 Å². The molecular weight excluding hydrogens is 292 g/mol. The lowest BCUT2D eigenvalue weighted by Crippen LogP contribution is -2.30. The number of hydrogen-bond acceptors (Lipinski definition) is 6. The number of amides is 1. The summed E-state index contributed by atoms with van der Waals surface area (Å²) in [6.07, 6.45) is 0. The zero-order valence-corrected chi connectivity index (χ0v) is 11.7. The fourth-order valence-corrected chi connectivity index (χ4v) is 2.39. The second kappa shape index (κ2) is 6.82. The van der Waals surface area contributed by atoms with Crippen LogP contribution in [0.5, 0.6) is 0 Å². The Hall–Kier alpha value is -2.45. The second-order valence-corrected chi connectivity index (χ2v) is 5.08. The molecule has 0 saturated carbocycles. The van der Waals surface area contributed by atoms with Crippen LogP contribution in [0.2, 0.25) is 0 Å². The minimum Gasteiger partial charge on any atom is -0.289 e. The molecule has 0 radical (unpaired) electrons. The number of nitrogens with two attached hydrogens (primary N) is 1. The minimum absolute atomic E-state index is 0.0547. The number of nitro groups is 1. The number of pyridine rings is 1. The fraction of sp³-hybridized carbons (Fsp3) is 0.0769. The summed E-state index contributed by atoms with van der Waals surface area (Å²) in [5.41, 5.74) is 3.05. The Bertz CT molecular complexity index is 661. The summed E-state index contributed by atoms with van der Waals surface area (Å²) in [5, 5.41) is 10.6. The molecular formula is C13H12N4O3S. The lowest BCUT2D eigenvalue weighted by molar-refractivity contribution is -0.384. The maximum absolute atomic E-state index is 11.4. The number of aromatic nitrogens is 1. The van der Waals surface area contributed by atoms with Crippen molar-refractivity contribution in [1.82, 2.24) is 10.4 Å². The van der Waals surface area contributed by atoms with Gasteiger partial charge in [0, 0.05) is 22.8 Å².